The van der Waals surface area contributed by atoms with Crippen molar-refractivity contribution in [1.82, 2.24) is 10.2 Å². The molecule has 0 radical (unpaired) electrons. The second-order valence-corrected chi connectivity index (χ2v) is 6.27. The maximum atomic E-state index is 6.09. The molecule has 0 bridgehead atoms. The fourth-order valence-electron chi connectivity index (χ4n) is 2.36. The van der Waals surface area contributed by atoms with Crippen LogP contribution in [0.5, 0.6) is 5.75 Å². The van der Waals surface area contributed by atoms with Crippen LogP contribution in [0.25, 0.3) is 10.9 Å². The van der Waals surface area contributed by atoms with E-state index in [1.807, 2.05) is 45.9 Å². The lowest BCUT2D eigenvalue weighted by molar-refractivity contribution is 0.00578. The monoisotopic (exact) mass is 286 g/mol. The van der Waals surface area contributed by atoms with Gasteiger partial charge in [0.1, 0.15) is 5.75 Å². The first kappa shape index (κ1) is 14.3. The molecule has 0 amide bonds. The summed E-state index contributed by atoms with van der Waals surface area (Å²) in [4.78, 5) is 0. The SMILES string of the molecule is COc1cc2ccnnc2cc1B1OC(C)(C)C(C)(C)O1. The lowest BCUT2D eigenvalue weighted by atomic mass is 9.78. The van der Waals surface area contributed by atoms with E-state index in [1.54, 1.807) is 13.3 Å². The van der Waals surface area contributed by atoms with Crippen LogP contribution in [0.3, 0.4) is 0 Å². The number of methoxy groups -OCH3 is 1. The molecule has 21 heavy (non-hydrogen) atoms. The van der Waals surface area contributed by atoms with Crippen LogP contribution in [-0.2, 0) is 9.31 Å². The molecule has 2 heterocycles. The third kappa shape index (κ3) is 2.28. The highest BCUT2D eigenvalue weighted by Gasteiger charge is 2.52. The quantitative estimate of drug-likeness (QED) is 0.790. The van der Waals surface area contributed by atoms with Gasteiger partial charge in [-0.25, -0.2) is 0 Å². The van der Waals surface area contributed by atoms with Gasteiger partial charge in [-0.2, -0.15) is 10.2 Å². The Hall–Kier alpha value is -1.66. The van der Waals surface area contributed by atoms with E-state index in [0.29, 0.717) is 0 Å². The van der Waals surface area contributed by atoms with Crippen molar-refractivity contribution < 1.29 is 14.0 Å². The van der Waals surface area contributed by atoms with Crippen molar-refractivity contribution in [3.05, 3.63) is 24.4 Å². The molecule has 3 rings (SSSR count). The van der Waals surface area contributed by atoms with Crippen LogP contribution >= 0.6 is 0 Å². The molecule has 0 saturated carbocycles. The number of aromatic nitrogens is 2. The summed E-state index contributed by atoms with van der Waals surface area (Å²) >= 11 is 0. The van der Waals surface area contributed by atoms with Crippen molar-refractivity contribution >= 4 is 23.5 Å². The molecule has 0 N–H and O–H groups in total. The van der Waals surface area contributed by atoms with Crippen molar-refractivity contribution in [3.8, 4) is 5.75 Å². The number of ether oxygens (including phenoxy) is 1. The van der Waals surface area contributed by atoms with Crippen molar-refractivity contribution in [3.63, 3.8) is 0 Å². The Morgan fingerprint density at radius 3 is 2.38 bits per heavy atom. The average Bonchev–Trinajstić information content (AvgIpc) is 2.66. The van der Waals surface area contributed by atoms with Crippen molar-refractivity contribution in [1.29, 1.82) is 0 Å². The van der Waals surface area contributed by atoms with Crippen LogP contribution in [0, 0.1) is 0 Å². The van der Waals surface area contributed by atoms with Gasteiger partial charge in [-0.15, -0.1) is 0 Å². The smallest absolute Gasteiger partial charge is 0.497 e. The van der Waals surface area contributed by atoms with E-state index in [0.717, 1.165) is 22.1 Å². The minimum Gasteiger partial charge on any atom is -0.497 e. The molecule has 0 atom stereocenters. The van der Waals surface area contributed by atoms with E-state index >= 15 is 0 Å². The summed E-state index contributed by atoms with van der Waals surface area (Å²) in [7, 11) is 1.17. The van der Waals surface area contributed by atoms with E-state index in [2.05, 4.69) is 10.2 Å². The van der Waals surface area contributed by atoms with Crippen molar-refractivity contribution in [2.75, 3.05) is 7.11 Å². The maximum Gasteiger partial charge on any atom is 0.498 e. The summed E-state index contributed by atoms with van der Waals surface area (Å²) in [6, 6.07) is 5.76. The average molecular weight is 286 g/mol. The predicted molar refractivity (Wildman–Crippen MR) is 81.8 cm³/mol. The van der Waals surface area contributed by atoms with E-state index in [9.17, 15) is 0 Å². The van der Waals surface area contributed by atoms with E-state index in [-0.39, 0.29) is 11.2 Å². The molecule has 5 nitrogen and oxygen atoms in total. The number of hydrogen-bond acceptors (Lipinski definition) is 5. The minimum absolute atomic E-state index is 0.389. The molecule has 1 aromatic heterocycles. The molecule has 2 aromatic rings. The molecule has 0 unspecified atom stereocenters. The molecule has 1 aliphatic heterocycles. The molecule has 1 saturated heterocycles. The number of rotatable bonds is 2. The molecular formula is C15H19BN2O3. The Kier molecular flexibility index (Phi) is 3.18. The number of nitrogens with zero attached hydrogens (tertiary/aromatic N) is 2. The van der Waals surface area contributed by atoms with E-state index in [1.165, 1.54) is 0 Å². The van der Waals surface area contributed by atoms with Crippen molar-refractivity contribution in [2.24, 2.45) is 0 Å². The Morgan fingerprint density at radius 1 is 1.10 bits per heavy atom. The summed E-state index contributed by atoms with van der Waals surface area (Å²) in [6.45, 7) is 8.11. The lowest BCUT2D eigenvalue weighted by Crippen LogP contribution is -2.41. The van der Waals surface area contributed by atoms with Gasteiger partial charge in [-0.05, 0) is 45.9 Å². The first-order chi connectivity index (χ1) is 9.84. The van der Waals surface area contributed by atoms with Crippen LogP contribution in [-0.4, -0.2) is 35.6 Å². The Labute approximate surface area is 124 Å². The fourth-order valence-corrected chi connectivity index (χ4v) is 2.36. The second kappa shape index (κ2) is 4.68. The Balaban J connectivity index is 2.08. The van der Waals surface area contributed by atoms with Gasteiger partial charge in [0.2, 0.25) is 0 Å². The van der Waals surface area contributed by atoms with Gasteiger partial charge in [0.05, 0.1) is 30.0 Å². The molecule has 1 aromatic carbocycles. The van der Waals surface area contributed by atoms with Gasteiger partial charge in [-0.3, -0.25) is 0 Å². The predicted octanol–water partition coefficient (Wildman–Crippen LogP) is 1.94. The summed E-state index contributed by atoms with van der Waals surface area (Å²) in [5.74, 6) is 0.731. The van der Waals surface area contributed by atoms with Crippen molar-refractivity contribution in [2.45, 2.75) is 38.9 Å². The van der Waals surface area contributed by atoms with Gasteiger partial charge in [0, 0.05) is 10.8 Å². The normalized spacial score (nSPS) is 20.0. The van der Waals surface area contributed by atoms with Crippen LogP contribution in [0.4, 0.5) is 0 Å². The van der Waals surface area contributed by atoms with Gasteiger partial charge in [0.15, 0.2) is 0 Å². The first-order valence-corrected chi connectivity index (χ1v) is 6.99. The molecule has 1 aliphatic rings. The van der Waals surface area contributed by atoms with Gasteiger partial charge in [0.25, 0.3) is 0 Å². The molecular weight excluding hydrogens is 267 g/mol. The fraction of sp³-hybridized carbons (Fsp3) is 0.467. The van der Waals surface area contributed by atoms with Crippen LogP contribution in [0.1, 0.15) is 27.7 Å². The summed E-state index contributed by atoms with van der Waals surface area (Å²) in [5.41, 5.74) is 0.854. The largest absolute Gasteiger partial charge is 0.498 e. The highest BCUT2D eigenvalue weighted by atomic mass is 16.7. The topological polar surface area (TPSA) is 53.5 Å². The molecule has 0 aliphatic carbocycles. The van der Waals surface area contributed by atoms with E-state index in [4.69, 9.17) is 14.0 Å². The zero-order chi connectivity index (χ0) is 15.3. The highest BCUT2D eigenvalue weighted by molar-refractivity contribution is 6.63. The lowest BCUT2D eigenvalue weighted by Gasteiger charge is -2.32. The van der Waals surface area contributed by atoms with Crippen LogP contribution in [0.2, 0.25) is 0 Å². The molecule has 1 fully saturated rings. The Morgan fingerprint density at radius 2 is 1.76 bits per heavy atom. The van der Waals surface area contributed by atoms with Gasteiger partial charge in [-0.1, -0.05) is 0 Å². The number of benzene rings is 1. The molecule has 110 valence electrons. The number of fused-ring (bicyclic) bond motifs is 1. The maximum absolute atomic E-state index is 6.09. The minimum atomic E-state index is -0.476. The van der Waals surface area contributed by atoms with Gasteiger partial charge >= 0.3 is 7.12 Å². The third-order valence-electron chi connectivity index (χ3n) is 4.37. The zero-order valence-electron chi connectivity index (χ0n) is 13.0. The number of hydrogen-bond donors (Lipinski definition) is 0. The summed E-state index contributed by atoms with van der Waals surface area (Å²) < 4.78 is 17.7. The zero-order valence-corrected chi connectivity index (χ0v) is 13.0. The first-order valence-electron chi connectivity index (χ1n) is 6.99. The van der Waals surface area contributed by atoms with Crippen LogP contribution < -0.4 is 10.2 Å². The summed E-state index contributed by atoms with van der Waals surface area (Å²) in [6.07, 6.45) is 1.66. The van der Waals surface area contributed by atoms with E-state index < -0.39 is 7.12 Å². The highest BCUT2D eigenvalue weighted by Crippen LogP contribution is 2.37. The van der Waals surface area contributed by atoms with Crippen LogP contribution in [0.15, 0.2) is 24.4 Å². The molecule has 0 spiro atoms. The summed E-state index contributed by atoms with van der Waals surface area (Å²) in [5, 5.41) is 9.04. The van der Waals surface area contributed by atoms with Gasteiger partial charge < -0.3 is 14.0 Å². The molecule has 6 heteroatoms. The standard InChI is InChI=1S/C15H19BN2O3/c1-14(2)15(3,4)21-16(20-14)11-9-12-10(6-7-17-18-12)8-13(11)19-5/h6-9H,1-5H3. The Bertz CT molecular complexity index is 672. The third-order valence-corrected chi connectivity index (χ3v) is 4.37. The second-order valence-electron chi connectivity index (χ2n) is 6.27.